The van der Waals surface area contributed by atoms with Gasteiger partial charge in [-0.3, -0.25) is 4.79 Å². The van der Waals surface area contributed by atoms with Gasteiger partial charge >= 0.3 is 0 Å². The van der Waals surface area contributed by atoms with Crippen LogP contribution in [0.3, 0.4) is 0 Å². The van der Waals surface area contributed by atoms with E-state index in [1.807, 2.05) is 24.4 Å². The highest BCUT2D eigenvalue weighted by Gasteiger charge is 2.24. The van der Waals surface area contributed by atoms with Crippen LogP contribution in [-0.4, -0.2) is 41.0 Å². The fraction of sp³-hybridized carbons (Fsp3) is 0.667. The van der Waals surface area contributed by atoms with E-state index in [0.29, 0.717) is 6.42 Å². The van der Waals surface area contributed by atoms with Gasteiger partial charge in [0.2, 0.25) is 0 Å². The summed E-state index contributed by atoms with van der Waals surface area (Å²) in [4.78, 5) is 15.1. The smallest absolute Gasteiger partial charge is 0.172 e. The van der Waals surface area contributed by atoms with E-state index >= 15 is 0 Å². The van der Waals surface area contributed by atoms with Crippen LogP contribution in [0.15, 0.2) is 17.5 Å². The number of thiophene rings is 1. The van der Waals surface area contributed by atoms with E-state index in [2.05, 4.69) is 4.90 Å². The Bertz CT molecular complexity index is 400. The van der Waals surface area contributed by atoms with Gasteiger partial charge in [0.15, 0.2) is 5.78 Å². The molecular weight excluding hydrogens is 258 g/mol. The van der Waals surface area contributed by atoms with Gasteiger partial charge in [-0.05, 0) is 57.1 Å². The normalized spacial score (nSPS) is 25.2. The van der Waals surface area contributed by atoms with Crippen molar-refractivity contribution in [3.63, 3.8) is 0 Å². The minimum Gasteiger partial charge on any atom is -0.390 e. The molecule has 0 radical (unpaired) electrons. The fourth-order valence-corrected chi connectivity index (χ4v) is 3.26. The average Bonchev–Trinajstić information content (AvgIpc) is 2.83. The topological polar surface area (TPSA) is 40.5 Å². The quantitative estimate of drug-likeness (QED) is 0.844. The number of carbonyl (C=O) groups excluding carboxylic acids is 1. The van der Waals surface area contributed by atoms with E-state index in [9.17, 15) is 9.90 Å². The van der Waals surface area contributed by atoms with Gasteiger partial charge in [0, 0.05) is 13.0 Å². The summed E-state index contributed by atoms with van der Waals surface area (Å²) in [5.41, 5.74) is -0.498. The third-order valence-corrected chi connectivity index (χ3v) is 4.74. The van der Waals surface area contributed by atoms with Crippen LogP contribution in [-0.2, 0) is 0 Å². The molecule has 1 aromatic heterocycles. The zero-order valence-electron chi connectivity index (χ0n) is 11.6. The molecule has 3 nitrogen and oxygen atoms in total. The summed E-state index contributed by atoms with van der Waals surface area (Å²) >= 11 is 1.52. The van der Waals surface area contributed by atoms with Crippen LogP contribution in [0.1, 0.15) is 48.7 Å². The molecule has 1 aliphatic heterocycles. The molecule has 0 aromatic carbocycles. The summed E-state index contributed by atoms with van der Waals surface area (Å²) in [5, 5.41) is 12.0. The molecular formula is C15H23NO2S. The summed E-state index contributed by atoms with van der Waals surface area (Å²) in [6.45, 7) is 4.88. The lowest BCUT2D eigenvalue weighted by Gasteiger charge is -2.22. The van der Waals surface area contributed by atoms with Crippen molar-refractivity contribution in [2.24, 2.45) is 0 Å². The van der Waals surface area contributed by atoms with Crippen molar-refractivity contribution >= 4 is 17.1 Å². The number of hydrogen-bond donors (Lipinski definition) is 1. The SMILES string of the molecule is CC1(O)CCCN(CCCC(=O)c2cccs2)CC1. The molecule has 19 heavy (non-hydrogen) atoms. The zero-order valence-corrected chi connectivity index (χ0v) is 12.4. The van der Waals surface area contributed by atoms with E-state index in [4.69, 9.17) is 0 Å². The highest BCUT2D eigenvalue weighted by Crippen LogP contribution is 2.21. The summed E-state index contributed by atoms with van der Waals surface area (Å²) < 4.78 is 0. The van der Waals surface area contributed by atoms with E-state index < -0.39 is 5.60 Å². The average molecular weight is 281 g/mol. The van der Waals surface area contributed by atoms with Crippen LogP contribution in [0.25, 0.3) is 0 Å². The Morgan fingerprint density at radius 1 is 1.47 bits per heavy atom. The Morgan fingerprint density at radius 2 is 2.32 bits per heavy atom. The maximum absolute atomic E-state index is 11.9. The van der Waals surface area contributed by atoms with E-state index in [-0.39, 0.29) is 5.78 Å². The first-order valence-electron chi connectivity index (χ1n) is 7.08. The van der Waals surface area contributed by atoms with Crippen molar-refractivity contribution in [2.45, 2.75) is 44.6 Å². The number of hydrogen-bond acceptors (Lipinski definition) is 4. The number of aliphatic hydroxyl groups is 1. The molecule has 0 amide bonds. The lowest BCUT2D eigenvalue weighted by atomic mass is 9.98. The second-order valence-corrected chi connectivity index (χ2v) is 6.64. The Balaban J connectivity index is 1.70. The lowest BCUT2D eigenvalue weighted by molar-refractivity contribution is 0.0446. The molecule has 0 saturated carbocycles. The molecule has 1 saturated heterocycles. The molecule has 1 unspecified atom stereocenters. The highest BCUT2D eigenvalue weighted by molar-refractivity contribution is 7.12. The number of Topliss-reactive ketones (excluding diaryl/α,β-unsaturated/α-hetero) is 1. The Morgan fingerprint density at radius 3 is 3.05 bits per heavy atom. The van der Waals surface area contributed by atoms with Crippen LogP contribution in [0.5, 0.6) is 0 Å². The third kappa shape index (κ3) is 4.71. The molecule has 1 fully saturated rings. The number of nitrogens with zero attached hydrogens (tertiary/aromatic N) is 1. The van der Waals surface area contributed by atoms with E-state index in [1.54, 1.807) is 0 Å². The first-order chi connectivity index (χ1) is 9.07. The second kappa shape index (κ2) is 6.64. The molecule has 1 N–H and O–H groups in total. The Hall–Kier alpha value is -0.710. The summed E-state index contributed by atoms with van der Waals surface area (Å²) in [6, 6.07) is 3.82. The monoisotopic (exact) mass is 281 g/mol. The summed E-state index contributed by atoms with van der Waals surface area (Å²) in [7, 11) is 0. The second-order valence-electron chi connectivity index (χ2n) is 5.70. The molecule has 1 aromatic rings. The molecule has 0 bridgehead atoms. The molecule has 0 aliphatic carbocycles. The molecule has 1 atom stereocenters. The van der Waals surface area contributed by atoms with Crippen LogP contribution in [0, 0.1) is 0 Å². The summed E-state index contributed by atoms with van der Waals surface area (Å²) in [6.07, 6.45) is 4.32. The first-order valence-corrected chi connectivity index (χ1v) is 7.96. The van der Waals surface area contributed by atoms with Crippen molar-refractivity contribution in [1.82, 2.24) is 4.90 Å². The largest absolute Gasteiger partial charge is 0.390 e. The van der Waals surface area contributed by atoms with Gasteiger partial charge in [0.05, 0.1) is 10.5 Å². The van der Waals surface area contributed by atoms with Crippen LogP contribution < -0.4 is 0 Å². The van der Waals surface area contributed by atoms with Crippen molar-refractivity contribution in [3.8, 4) is 0 Å². The van der Waals surface area contributed by atoms with Gasteiger partial charge in [-0.25, -0.2) is 0 Å². The van der Waals surface area contributed by atoms with Crippen LogP contribution in [0.2, 0.25) is 0 Å². The van der Waals surface area contributed by atoms with Crippen molar-refractivity contribution in [3.05, 3.63) is 22.4 Å². The van der Waals surface area contributed by atoms with Crippen LogP contribution >= 0.6 is 11.3 Å². The van der Waals surface area contributed by atoms with Gasteiger partial charge in [-0.15, -0.1) is 11.3 Å². The molecule has 1 aliphatic rings. The number of carbonyl (C=O) groups is 1. The minimum absolute atomic E-state index is 0.261. The number of rotatable bonds is 5. The number of ketones is 1. The van der Waals surface area contributed by atoms with Crippen molar-refractivity contribution in [2.75, 3.05) is 19.6 Å². The predicted molar refractivity (Wildman–Crippen MR) is 78.8 cm³/mol. The molecule has 106 valence electrons. The summed E-state index contributed by atoms with van der Waals surface area (Å²) in [5.74, 6) is 0.261. The van der Waals surface area contributed by atoms with Crippen LogP contribution in [0.4, 0.5) is 0 Å². The Labute approximate surface area is 119 Å². The lowest BCUT2D eigenvalue weighted by Crippen LogP contribution is -2.29. The molecule has 0 spiro atoms. The van der Waals surface area contributed by atoms with E-state index in [1.165, 1.54) is 11.3 Å². The fourth-order valence-electron chi connectivity index (χ4n) is 2.57. The maximum Gasteiger partial charge on any atom is 0.172 e. The van der Waals surface area contributed by atoms with Gasteiger partial charge < -0.3 is 10.0 Å². The Kier molecular flexibility index (Phi) is 5.13. The van der Waals surface area contributed by atoms with E-state index in [0.717, 1.165) is 50.2 Å². The van der Waals surface area contributed by atoms with Crippen molar-refractivity contribution in [1.29, 1.82) is 0 Å². The predicted octanol–water partition coefficient (Wildman–Crippen LogP) is 2.95. The molecule has 4 heteroatoms. The molecule has 2 rings (SSSR count). The van der Waals surface area contributed by atoms with Gasteiger partial charge in [0.25, 0.3) is 0 Å². The molecule has 2 heterocycles. The number of likely N-dealkylation sites (tertiary alicyclic amines) is 1. The minimum atomic E-state index is -0.498. The van der Waals surface area contributed by atoms with Crippen molar-refractivity contribution < 1.29 is 9.90 Å². The first kappa shape index (κ1) is 14.7. The third-order valence-electron chi connectivity index (χ3n) is 3.83. The van der Waals surface area contributed by atoms with Gasteiger partial charge in [-0.1, -0.05) is 6.07 Å². The standard InChI is InChI=1S/C15H23NO2S/c1-15(18)7-4-10-16(11-8-15)9-2-5-13(17)14-6-3-12-19-14/h3,6,12,18H,2,4-5,7-11H2,1H3. The van der Waals surface area contributed by atoms with Gasteiger partial charge in [-0.2, -0.15) is 0 Å². The zero-order chi connectivity index (χ0) is 13.7. The van der Waals surface area contributed by atoms with Gasteiger partial charge in [0.1, 0.15) is 0 Å². The highest BCUT2D eigenvalue weighted by atomic mass is 32.1. The maximum atomic E-state index is 11.9.